The fourth-order valence-electron chi connectivity index (χ4n) is 3.91. The van der Waals surface area contributed by atoms with Crippen molar-refractivity contribution >= 4 is 29.7 Å². The SMILES string of the molecule is CCC(C(=O)N1CCN(Cc2nc(-c3ccc(F)cc3)cs2)CC1)c1ccccc1.Cl. The maximum atomic E-state index is 13.1. The van der Waals surface area contributed by atoms with Crippen LogP contribution < -0.4 is 0 Å². The largest absolute Gasteiger partial charge is 0.340 e. The van der Waals surface area contributed by atoms with Crippen LogP contribution in [0.1, 0.15) is 29.8 Å². The predicted molar refractivity (Wildman–Crippen MR) is 126 cm³/mol. The van der Waals surface area contributed by atoms with Gasteiger partial charge in [-0.3, -0.25) is 9.69 Å². The van der Waals surface area contributed by atoms with Crippen molar-refractivity contribution in [2.75, 3.05) is 26.2 Å². The molecule has 7 heteroatoms. The molecule has 1 aliphatic rings. The minimum atomic E-state index is -0.237. The molecule has 2 aromatic carbocycles. The first-order chi connectivity index (χ1) is 14.6. The number of amides is 1. The number of carbonyl (C=O) groups is 1. The molecular weight excluding hydrogens is 433 g/mol. The number of hydrogen-bond acceptors (Lipinski definition) is 4. The van der Waals surface area contributed by atoms with Crippen molar-refractivity contribution in [3.63, 3.8) is 0 Å². The highest BCUT2D eigenvalue weighted by Crippen LogP contribution is 2.25. The molecule has 1 aromatic heterocycles. The minimum Gasteiger partial charge on any atom is -0.340 e. The topological polar surface area (TPSA) is 36.4 Å². The Labute approximate surface area is 193 Å². The zero-order valence-electron chi connectivity index (χ0n) is 17.5. The van der Waals surface area contributed by atoms with Crippen molar-refractivity contribution in [2.24, 2.45) is 0 Å². The standard InChI is InChI=1S/C24H26FN3OS.ClH/c1-2-21(18-6-4-3-5-7-18)24(29)28-14-12-27(13-15-28)16-23-26-22(17-30-23)19-8-10-20(25)11-9-19;/h3-11,17,21H,2,12-16H2,1H3;1H. The summed E-state index contributed by atoms with van der Waals surface area (Å²) in [7, 11) is 0. The number of carbonyl (C=O) groups excluding carboxylic acids is 1. The Morgan fingerprint density at radius 1 is 1.06 bits per heavy atom. The van der Waals surface area contributed by atoms with Crippen molar-refractivity contribution in [1.29, 1.82) is 0 Å². The zero-order chi connectivity index (χ0) is 20.9. The Morgan fingerprint density at radius 3 is 2.39 bits per heavy atom. The third kappa shape index (κ3) is 5.70. The second-order valence-corrected chi connectivity index (χ2v) is 8.55. The van der Waals surface area contributed by atoms with Crippen LogP contribution in [0.2, 0.25) is 0 Å². The first-order valence-corrected chi connectivity index (χ1v) is 11.3. The Balaban J connectivity index is 0.00000272. The van der Waals surface area contributed by atoms with Gasteiger partial charge in [-0.25, -0.2) is 9.37 Å². The first-order valence-electron chi connectivity index (χ1n) is 10.4. The number of hydrogen-bond donors (Lipinski definition) is 0. The fraction of sp³-hybridized carbons (Fsp3) is 0.333. The van der Waals surface area contributed by atoms with E-state index >= 15 is 0 Å². The lowest BCUT2D eigenvalue weighted by molar-refractivity contribution is -0.134. The van der Waals surface area contributed by atoms with Gasteiger partial charge in [-0.15, -0.1) is 23.7 Å². The highest BCUT2D eigenvalue weighted by atomic mass is 35.5. The number of rotatable bonds is 6. The van der Waals surface area contributed by atoms with Crippen LogP contribution >= 0.6 is 23.7 Å². The lowest BCUT2D eigenvalue weighted by atomic mass is 9.95. The van der Waals surface area contributed by atoms with E-state index < -0.39 is 0 Å². The average Bonchev–Trinajstić information content (AvgIpc) is 3.24. The van der Waals surface area contributed by atoms with Gasteiger partial charge in [0.25, 0.3) is 0 Å². The Hall–Kier alpha value is -2.28. The molecule has 3 aromatic rings. The van der Waals surface area contributed by atoms with Crippen molar-refractivity contribution in [3.8, 4) is 11.3 Å². The van der Waals surface area contributed by atoms with Gasteiger partial charge < -0.3 is 4.90 Å². The molecule has 0 saturated carbocycles. The lowest BCUT2D eigenvalue weighted by Gasteiger charge is -2.36. The van der Waals surface area contributed by atoms with Crippen molar-refractivity contribution < 1.29 is 9.18 Å². The van der Waals surface area contributed by atoms with Gasteiger partial charge in [0, 0.05) is 37.1 Å². The molecule has 1 fully saturated rings. The Morgan fingerprint density at radius 2 is 1.74 bits per heavy atom. The van der Waals surface area contributed by atoms with Gasteiger partial charge >= 0.3 is 0 Å². The molecule has 1 atom stereocenters. The molecule has 0 radical (unpaired) electrons. The van der Waals surface area contributed by atoms with Crippen LogP contribution in [0.4, 0.5) is 4.39 Å². The molecular formula is C24H27ClFN3OS. The Bertz CT molecular complexity index is 972. The van der Waals surface area contributed by atoms with Crippen LogP contribution in [-0.2, 0) is 11.3 Å². The van der Waals surface area contributed by atoms with E-state index in [9.17, 15) is 9.18 Å². The van der Waals surface area contributed by atoms with Crippen LogP contribution in [0.15, 0.2) is 60.0 Å². The average molecular weight is 460 g/mol. The first kappa shape index (κ1) is 23.4. The summed E-state index contributed by atoms with van der Waals surface area (Å²) in [6, 6.07) is 16.5. The van der Waals surface area contributed by atoms with E-state index in [4.69, 9.17) is 4.98 Å². The predicted octanol–water partition coefficient (Wildman–Crippen LogP) is 5.21. The molecule has 1 unspecified atom stereocenters. The van der Waals surface area contributed by atoms with E-state index in [1.54, 1.807) is 23.5 Å². The minimum absolute atomic E-state index is 0. The van der Waals surface area contributed by atoms with Gasteiger partial charge in [-0.1, -0.05) is 37.3 Å². The van der Waals surface area contributed by atoms with E-state index in [0.717, 1.165) is 61.0 Å². The fourth-order valence-corrected chi connectivity index (χ4v) is 4.76. The van der Waals surface area contributed by atoms with Gasteiger partial charge in [0.05, 0.1) is 18.2 Å². The number of halogens is 2. The maximum absolute atomic E-state index is 13.1. The molecule has 1 saturated heterocycles. The number of thiazole rings is 1. The molecule has 4 nitrogen and oxygen atoms in total. The van der Waals surface area contributed by atoms with Gasteiger partial charge in [-0.2, -0.15) is 0 Å². The van der Waals surface area contributed by atoms with Gasteiger partial charge in [0.1, 0.15) is 10.8 Å². The monoisotopic (exact) mass is 459 g/mol. The number of nitrogens with zero attached hydrogens (tertiary/aromatic N) is 3. The molecule has 1 amide bonds. The van der Waals surface area contributed by atoms with E-state index in [0.29, 0.717) is 0 Å². The molecule has 31 heavy (non-hydrogen) atoms. The second-order valence-electron chi connectivity index (χ2n) is 7.61. The van der Waals surface area contributed by atoms with Crippen molar-refractivity contribution in [3.05, 3.63) is 76.4 Å². The molecule has 0 spiro atoms. The van der Waals surface area contributed by atoms with E-state index in [2.05, 4.69) is 11.8 Å². The summed E-state index contributed by atoms with van der Waals surface area (Å²) in [6.45, 7) is 6.05. The maximum Gasteiger partial charge on any atom is 0.230 e. The lowest BCUT2D eigenvalue weighted by Crippen LogP contribution is -2.49. The van der Waals surface area contributed by atoms with Crippen LogP contribution in [0.3, 0.4) is 0 Å². The van der Waals surface area contributed by atoms with Crippen LogP contribution in [0.5, 0.6) is 0 Å². The van der Waals surface area contributed by atoms with Gasteiger partial charge in [0.15, 0.2) is 0 Å². The van der Waals surface area contributed by atoms with Crippen LogP contribution in [-0.4, -0.2) is 46.9 Å². The van der Waals surface area contributed by atoms with Gasteiger partial charge in [-0.05, 0) is 36.2 Å². The molecule has 0 aliphatic carbocycles. The summed E-state index contributed by atoms with van der Waals surface area (Å²) < 4.78 is 13.1. The number of piperazine rings is 1. The van der Waals surface area contributed by atoms with Crippen LogP contribution in [0, 0.1) is 5.82 Å². The van der Waals surface area contributed by atoms with E-state index in [1.807, 2.05) is 40.6 Å². The highest BCUT2D eigenvalue weighted by Gasteiger charge is 2.27. The summed E-state index contributed by atoms with van der Waals surface area (Å²) in [4.78, 5) is 22.1. The molecule has 2 heterocycles. The van der Waals surface area contributed by atoms with Crippen molar-refractivity contribution in [1.82, 2.24) is 14.8 Å². The normalized spacial score (nSPS) is 15.4. The summed E-state index contributed by atoms with van der Waals surface area (Å²) in [5, 5.41) is 3.07. The number of aromatic nitrogens is 1. The highest BCUT2D eigenvalue weighted by molar-refractivity contribution is 7.09. The van der Waals surface area contributed by atoms with Crippen LogP contribution in [0.25, 0.3) is 11.3 Å². The van der Waals surface area contributed by atoms with Gasteiger partial charge in [0.2, 0.25) is 5.91 Å². The quantitative estimate of drug-likeness (QED) is 0.507. The molecule has 4 rings (SSSR count). The molecule has 1 aliphatic heterocycles. The Kier molecular flexibility index (Phi) is 8.18. The smallest absolute Gasteiger partial charge is 0.230 e. The molecule has 0 bridgehead atoms. The molecule has 164 valence electrons. The summed E-state index contributed by atoms with van der Waals surface area (Å²) in [5.74, 6) is -0.0645. The molecule has 0 N–H and O–H groups in total. The summed E-state index contributed by atoms with van der Waals surface area (Å²) >= 11 is 1.63. The van der Waals surface area contributed by atoms with Crippen molar-refractivity contribution in [2.45, 2.75) is 25.8 Å². The zero-order valence-corrected chi connectivity index (χ0v) is 19.2. The summed E-state index contributed by atoms with van der Waals surface area (Å²) in [6.07, 6.45) is 0.814. The summed E-state index contributed by atoms with van der Waals surface area (Å²) in [5.41, 5.74) is 2.92. The third-order valence-electron chi connectivity index (χ3n) is 5.64. The third-order valence-corrected chi connectivity index (χ3v) is 6.48. The second kappa shape index (κ2) is 10.8. The van der Waals surface area contributed by atoms with E-state index in [-0.39, 0.29) is 30.0 Å². The number of benzene rings is 2. The van der Waals surface area contributed by atoms with E-state index in [1.165, 1.54) is 12.1 Å².